The molecule has 1 unspecified atom stereocenters. The summed E-state index contributed by atoms with van der Waals surface area (Å²) in [6, 6.07) is 12.4. The van der Waals surface area contributed by atoms with Crippen molar-refractivity contribution in [1.29, 1.82) is 0 Å². The number of amides is 1. The molecular weight excluding hydrogens is 399 g/mol. The molecule has 150 valence electrons. The summed E-state index contributed by atoms with van der Waals surface area (Å²) >= 11 is 1.11. The zero-order chi connectivity index (χ0) is 20.1. The maximum atomic E-state index is 13.6. The van der Waals surface area contributed by atoms with E-state index >= 15 is 0 Å². The van der Waals surface area contributed by atoms with Crippen LogP contribution in [0.3, 0.4) is 0 Å². The van der Waals surface area contributed by atoms with Crippen molar-refractivity contribution < 1.29 is 17.6 Å². The molecule has 0 radical (unpaired) electrons. The number of hydrogen-bond acceptors (Lipinski definition) is 4. The number of hydrogen-bond donors (Lipinski definition) is 1. The van der Waals surface area contributed by atoms with Crippen LogP contribution in [0.4, 0.5) is 10.1 Å². The third-order valence-corrected chi connectivity index (χ3v) is 7.52. The third kappa shape index (κ3) is 5.12. The number of benzene rings is 2. The van der Waals surface area contributed by atoms with E-state index in [2.05, 4.69) is 12.2 Å². The molecule has 3 rings (SSSR count). The van der Waals surface area contributed by atoms with Crippen LogP contribution in [-0.2, 0) is 14.8 Å². The van der Waals surface area contributed by atoms with Gasteiger partial charge in [0.1, 0.15) is 5.82 Å². The van der Waals surface area contributed by atoms with Crippen LogP contribution in [-0.4, -0.2) is 37.5 Å². The lowest BCUT2D eigenvalue weighted by Crippen LogP contribution is -2.39. The Morgan fingerprint density at radius 3 is 2.61 bits per heavy atom. The Morgan fingerprint density at radius 1 is 1.21 bits per heavy atom. The summed E-state index contributed by atoms with van der Waals surface area (Å²) in [5.74, 6) is -0.225. The summed E-state index contributed by atoms with van der Waals surface area (Å²) in [5.41, 5.74) is 0.505. The van der Waals surface area contributed by atoms with Crippen molar-refractivity contribution in [2.75, 3.05) is 24.2 Å². The number of nitrogens with zero attached hydrogens (tertiary/aromatic N) is 1. The Bertz CT molecular complexity index is 933. The summed E-state index contributed by atoms with van der Waals surface area (Å²) in [6.07, 6.45) is 1.91. The Hall–Kier alpha value is -1.90. The Balaban J connectivity index is 1.59. The Kier molecular flexibility index (Phi) is 6.74. The van der Waals surface area contributed by atoms with Gasteiger partial charge in [0, 0.05) is 23.7 Å². The van der Waals surface area contributed by atoms with Crippen molar-refractivity contribution in [3.63, 3.8) is 0 Å². The first-order valence-electron chi connectivity index (χ1n) is 9.13. The van der Waals surface area contributed by atoms with E-state index in [-0.39, 0.29) is 22.4 Å². The molecule has 1 fully saturated rings. The van der Waals surface area contributed by atoms with Crippen LogP contribution in [0.1, 0.15) is 19.8 Å². The first kappa shape index (κ1) is 20.8. The van der Waals surface area contributed by atoms with Gasteiger partial charge in [-0.05, 0) is 55.2 Å². The van der Waals surface area contributed by atoms with Crippen molar-refractivity contribution in [2.45, 2.75) is 29.6 Å². The average molecular weight is 423 g/mol. The standard InChI is InChI=1S/C20H23FN2O3S2/c1-15-5-4-12-23(13-15)28(25,26)17-10-8-16(9-11-17)22-20(24)14-27-19-7-3-2-6-18(19)21/h2-3,6-11,15H,4-5,12-14H2,1H3,(H,22,24). The van der Waals surface area contributed by atoms with E-state index in [1.165, 1.54) is 22.5 Å². The molecule has 1 saturated heterocycles. The third-order valence-electron chi connectivity index (χ3n) is 4.59. The lowest BCUT2D eigenvalue weighted by molar-refractivity contribution is -0.113. The summed E-state index contributed by atoms with van der Waals surface area (Å²) in [4.78, 5) is 12.7. The van der Waals surface area contributed by atoms with Crippen molar-refractivity contribution >= 4 is 33.4 Å². The van der Waals surface area contributed by atoms with E-state index in [1.807, 2.05) is 0 Å². The monoisotopic (exact) mass is 422 g/mol. The minimum absolute atomic E-state index is 0.0622. The van der Waals surface area contributed by atoms with Crippen LogP contribution in [0, 0.1) is 11.7 Å². The van der Waals surface area contributed by atoms with E-state index in [1.54, 1.807) is 30.3 Å². The van der Waals surface area contributed by atoms with Crippen molar-refractivity contribution in [2.24, 2.45) is 5.92 Å². The second-order valence-electron chi connectivity index (χ2n) is 6.90. The predicted molar refractivity (Wildman–Crippen MR) is 109 cm³/mol. The quantitative estimate of drug-likeness (QED) is 0.715. The number of carbonyl (C=O) groups excluding carboxylic acids is 1. The number of thioether (sulfide) groups is 1. The molecule has 1 amide bonds. The summed E-state index contributed by atoms with van der Waals surface area (Å²) in [5, 5.41) is 2.71. The number of piperidine rings is 1. The maximum absolute atomic E-state index is 13.6. The fraction of sp³-hybridized carbons (Fsp3) is 0.350. The highest BCUT2D eigenvalue weighted by molar-refractivity contribution is 8.00. The molecule has 0 saturated carbocycles. The van der Waals surface area contributed by atoms with Gasteiger partial charge in [0.05, 0.1) is 10.6 Å². The van der Waals surface area contributed by atoms with E-state index < -0.39 is 10.0 Å². The van der Waals surface area contributed by atoms with Crippen molar-refractivity contribution in [3.05, 3.63) is 54.3 Å². The molecule has 8 heteroatoms. The van der Waals surface area contributed by atoms with E-state index in [0.29, 0.717) is 29.6 Å². The molecule has 1 aliphatic heterocycles. The van der Waals surface area contributed by atoms with Gasteiger partial charge in [0.2, 0.25) is 15.9 Å². The van der Waals surface area contributed by atoms with Crippen LogP contribution in [0.15, 0.2) is 58.3 Å². The minimum atomic E-state index is -3.52. The van der Waals surface area contributed by atoms with Gasteiger partial charge in [-0.25, -0.2) is 12.8 Å². The lowest BCUT2D eigenvalue weighted by Gasteiger charge is -2.30. The van der Waals surface area contributed by atoms with E-state index in [0.717, 1.165) is 24.6 Å². The zero-order valence-corrected chi connectivity index (χ0v) is 17.2. The molecule has 0 spiro atoms. The molecule has 0 aliphatic carbocycles. The summed E-state index contributed by atoms with van der Waals surface area (Å²) in [6.45, 7) is 3.13. The van der Waals surface area contributed by atoms with Gasteiger partial charge in [-0.3, -0.25) is 4.79 Å². The highest BCUT2D eigenvalue weighted by atomic mass is 32.2. The van der Waals surface area contributed by atoms with Gasteiger partial charge < -0.3 is 5.32 Å². The molecule has 1 aliphatic rings. The number of anilines is 1. The molecule has 1 N–H and O–H groups in total. The van der Waals surface area contributed by atoms with E-state index in [9.17, 15) is 17.6 Å². The number of carbonyl (C=O) groups is 1. The highest BCUT2D eigenvalue weighted by Crippen LogP contribution is 2.25. The van der Waals surface area contributed by atoms with Gasteiger partial charge in [0.15, 0.2) is 0 Å². The SMILES string of the molecule is CC1CCCN(S(=O)(=O)c2ccc(NC(=O)CSc3ccccc3F)cc2)C1. The van der Waals surface area contributed by atoms with Gasteiger partial charge in [-0.2, -0.15) is 4.31 Å². The molecule has 2 aromatic carbocycles. The zero-order valence-electron chi connectivity index (χ0n) is 15.6. The number of halogens is 1. The Labute approximate surface area is 169 Å². The molecule has 2 aromatic rings. The number of sulfonamides is 1. The maximum Gasteiger partial charge on any atom is 0.243 e. The second-order valence-corrected chi connectivity index (χ2v) is 9.86. The lowest BCUT2D eigenvalue weighted by atomic mass is 10.0. The summed E-state index contributed by atoms with van der Waals surface area (Å²) < 4.78 is 40.6. The molecular formula is C20H23FN2O3S2. The first-order chi connectivity index (χ1) is 13.4. The molecule has 1 atom stereocenters. The normalized spacial score (nSPS) is 18.0. The van der Waals surface area contributed by atoms with Crippen LogP contribution in [0.25, 0.3) is 0 Å². The van der Waals surface area contributed by atoms with Crippen LogP contribution in [0.2, 0.25) is 0 Å². The highest BCUT2D eigenvalue weighted by Gasteiger charge is 2.28. The molecule has 0 aromatic heterocycles. The van der Waals surface area contributed by atoms with Crippen molar-refractivity contribution in [3.8, 4) is 0 Å². The van der Waals surface area contributed by atoms with Gasteiger partial charge in [0.25, 0.3) is 0 Å². The van der Waals surface area contributed by atoms with Gasteiger partial charge >= 0.3 is 0 Å². The number of nitrogens with one attached hydrogen (secondary N) is 1. The van der Waals surface area contributed by atoms with Gasteiger partial charge in [-0.15, -0.1) is 11.8 Å². The predicted octanol–water partition coefficient (Wildman–Crippen LogP) is 3.98. The van der Waals surface area contributed by atoms with Crippen molar-refractivity contribution in [1.82, 2.24) is 4.31 Å². The van der Waals surface area contributed by atoms with Crippen LogP contribution < -0.4 is 5.32 Å². The molecule has 1 heterocycles. The molecule has 5 nitrogen and oxygen atoms in total. The smallest absolute Gasteiger partial charge is 0.243 e. The number of rotatable bonds is 6. The Morgan fingerprint density at radius 2 is 1.93 bits per heavy atom. The first-order valence-corrected chi connectivity index (χ1v) is 11.6. The van der Waals surface area contributed by atoms with Gasteiger partial charge in [-0.1, -0.05) is 19.1 Å². The fourth-order valence-corrected chi connectivity index (χ4v) is 5.46. The fourth-order valence-electron chi connectivity index (χ4n) is 3.13. The average Bonchev–Trinajstić information content (AvgIpc) is 2.68. The largest absolute Gasteiger partial charge is 0.325 e. The second kappa shape index (κ2) is 9.07. The summed E-state index contributed by atoms with van der Waals surface area (Å²) in [7, 11) is -3.52. The van der Waals surface area contributed by atoms with Crippen LogP contribution >= 0.6 is 11.8 Å². The van der Waals surface area contributed by atoms with E-state index in [4.69, 9.17) is 0 Å². The minimum Gasteiger partial charge on any atom is -0.325 e. The van der Waals surface area contributed by atoms with Crippen LogP contribution in [0.5, 0.6) is 0 Å². The molecule has 28 heavy (non-hydrogen) atoms. The topological polar surface area (TPSA) is 66.5 Å². The molecule has 0 bridgehead atoms.